The fourth-order valence-electron chi connectivity index (χ4n) is 13.9. The van der Waals surface area contributed by atoms with Crippen LogP contribution >= 0.6 is 0 Å². The minimum absolute atomic E-state index is 0.179. The lowest BCUT2D eigenvalue weighted by atomic mass is 10.1. The second-order valence-corrected chi connectivity index (χ2v) is 28.9. The molecule has 121 heavy (non-hydrogen) atoms. The van der Waals surface area contributed by atoms with E-state index >= 15 is 0 Å². The minimum atomic E-state index is -0.399. The van der Waals surface area contributed by atoms with Crippen molar-refractivity contribution in [3.8, 4) is 62.3 Å². The van der Waals surface area contributed by atoms with Gasteiger partial charge in [0, 0.05) is 24.3 Å². The maximum absolute atomic E-state index is 13.6. The number of benzene rings is 12. The van der Waals surface area contributed by atoms with Crippen molar-refractivity contribution in [3.05, 3.63) is 497 Å². The van der Waals surface area contributed by atoms with E-state index in [4.69, 9.17) is 14.2 Å². The van der Waals surface area contributed by atoms with Crippen molar-refractivity contribution in [1.82, 2.24) is 36.5 Å². The van der Waals surface area contributed by atoms with Gasteiger partial charge in [0.2, 0.25) is 0 Å². The van der Waals surface area contributed by atoms with E-state index in [1.165, 1.54) is 42.5 Å². The Labute approximate surface area is 697 Å². The molecular weight excluding hydrogens is 1520 g/mol. The van der Waals surface area contributed by atoms with E-state index in [2.05, 4.69) is 0 Å². The molecule has 0 atom stereocenters. The van der Waals surface area contributed by atoms with Gasteiger partial charge in [-0.25, -0.2) is 23.6 Å². The van der Waals surface area contributed by atoms with E-state index in [1.54, 1.807) is 63.9 Å². The second-order valence-electron chi connectivity index (χ2n) is 28.9. The third-order valence-electron chi connectivity index (χ3n) is 20.4. The fourth-order valence-corrected chi connectivity index (χ4v) is 13.9. The van der Waals surface area contributed by atoms with Crippen LogP contribution in [0, 0.1) is 19.7 Å². The zero-order valence-corrected chi connectivity index (χ0v) is 67.6. The minimum Gasteiger partial charge on any atom is -0.497 e. The average Bonchev–Trinajstić information content (AvgIpc) is 0.799. The lowest BCUT2D eigenvalue weighted by Gasteiger charge is -2.16. The molecule has 0 aliphatic rings. The number of hydrogen-bond acceptors (Lipinski definition) is 11. The number of halogens is 1. The number of aromatic nitrogens is 8. The standard InChI is InChI=1S/C27H26N2O4.C25H22N2O3.C25H22N2O2.C24H19FN2O2/c1-19-4-10-22(11-5-19)25-16-26(30)29(18-21-8-14-24(33-3)15-9-21)27(31)28(25)17-20-6-12-23(32-2)13-7-20;1-30-22-14-12-21(13-15-22)23-16-24(28)27(18-20-10-6-3-7-11-20)25(29)26(23)17-19-8-4-2-5-9-19;1-19-12-14-22(15-13-19)23-16-24(28)27(18-21-10-6-3-7-11-21)25(29)26(23)17-20-8-4-2-5-9-20;25-21-13-11-20(12-14-21)22-15-23(28)27(17-19-9-5-2-6-10-19)24(29)26(22)16-18-7-3-1-4-8-18/h4-16H,17-18H2,1-3H3;2-16H,17-18H2,1H3;2-16H,17-18H2,1H3;1-15H,16-17H2. The van der Waals surface area contributed by atoms with Gasteiger partial charge < -0.3 is 14.2 Å². The molecule has 0 bridgehead atoms. The van der Waals surface area contributed by atoms with Gasteiger partial charge in [0.15, 0.2) is 0 Å². The van der Waals surface area contributed by atoms with Crippen molar-refractivity contribution in [1.29, 1.82) is 0 Å². The summed E-state index contributed by atoms with van der Waals surface area (Å²) < 4.78 is 40.7. The second kappa shape index (κ2) is 40.0. The lowest BCUT2D eigenvalue weighted by Crippen LogP contribution is -2.40. The number of nitrogens with zero attached hydrogens (tertiary/aromatic N) is 8. The maximum Gasteiger partial charge on any atom is 0.332 e. The van der Waals surface area contributed by atoms with E-state index < -0.39 is 5.69 Å². The SMILES string of the molecule is COc1ccc(-c2cc(=O)n(Cc3ccccc3)c(=O)n2Cc2ccccc2)cc1.COc1ccc(Cn2c(-c3ccc(C)cc3)cc(=O)n(Cc3ccc(OC)cc3)c2=O)cc1.Cc1ccc(-c2cc(=O)n(Cc3ccccc3)c(=O)n2Cc2ccccc2)cc1.O=c1cc(-c2ccc(F)cc2)n(Cc2ccccc2)c(=O)n1Cc1ccccc1. The fraction of sp³-hybridized carbons (Fsp3) is 0.129. The number of rotatable bonds is 23. The topological polar surface area (TPSA) is 204 Å². The number of ether oxygens (including phenoxy) is 3. The van der Waals surface area contributed by atoms with Crippen LogP contribution in [-0.4, -0.2) is 57.9 Å². The Morgan fingerprint density at radius 1 is 0.215 bits per heavy atom. The van der Waals surface area contributed by atoms with Gasteiger partial charge >= 0.3 is 22.8 Å². The molecule has 0 aliphatic heterocycles. The summed E-state index contributed by atoms with van der Waals surface area (Å²) in [5.41, 5.74) is 12.2. The molecule has 0 saturated heterocycles. The van der Waals surface area contributed by atoms with E-state index in [0.717, 1.165) is 83.8 Å². The van der Waals surface area contributed by atoms with Crippen molar-refractivity contribution in [2.24, 2.45) is 0 Å². The first kappa shape index (κ1) is 83.6. The molecule has 16 aromatic rings. The van der Waals surface area contributed by atoms with Crippen molar-refractivity contribution in [3.63, 3.8) is 0 Å². The molecule has 4 heterocycles. The summed E-state index contributed by atoms with van der Waals surface area (Å²) in [6, 6.07) is 107. The average molecular weight is 1610 g/mol. The zero-order valence-electron chi connectivity index (χ0n) is 67.6. The van der Waals surface area contributed by atoms with Gasteiger partial charge in [-0.2, -0.15) is 0 Å². The molecule has 0 unspecified atom stereocenters. The maximum atomic E-state index is 13.6. The summed E-state index contributed by atoms with van der Waals surface area (Å²) in [4.78, 5) is 105. The van der Waals surface area contributed by atoms with Gasteiger partial charge in [0.05, 0.1) is 96.5 Å². The summed E-state index contributed by atoms with van der Waals surface area (Å²) in [5, 5.41) is 0. The van der Waals surface area contributed by atoms with Crippen molar-refractivity contribution in [2.45, 2.75) is 66.2 Å². The van der Waals surface area contributed by atoms with Crippen LogP contribution in [0.5, 0.6) is 17.2 Å². The molecular formula is C101H89FN8O11. The van der Waals surface area contributed by atoms with E-state index in [-0.39, 0.29) is 71.3 Å². The molecule has 19 nitrogen and oxygen atoms in total. The molecule has 606 valence electrons. The molecule has 4 aromatic heterocycles. The first-order valence-corrected chi connectivity index (χ1v) is 39.3. The highest BCUT2D eigenvalue weighted by molar-refractivity contribution is 5.63. The molecule has 0 amide bonds. The molecule has 0 spiro atoms. The third-order valence-corrected chi connectivity index (χ3v) is 20.4. The Morgan fingerprint density at radius 3 is 0.595 bits per heavy atom. The molecule has 12 aromatic carbocycles. The summed E-state index contributed by atoms with van der Waals surface area (Å²) in [7, 11) is 4.82. The largest absolute Gasteiger partial charge is 0.497 e. The van der Waals surface area contributed by atoms with Gasteiger partial charge in [-0.3, -0.25) is 55.7 Å². The smallest absolute Gasteiger partial charge is 0.332 e. The van der Waals surface area contributed by atoms with Gasteiger partial charge in [-0.05, 0) is 153 Å². The highest BCUT2D eigenvalue weighted by Crippen LogP contribution is 2.26. The number of hydrogen-bond donors (Lipinski definition) is 0. The summed E-state index contributed by atoms with van der Waals surface area (Å²) >= 11 is 0. The molecule has 16 rings (SSSR count). The van der Waals surface area contributed by atoms with Gasteiger partial charge in [-0.15, -0.1) is 0 Å². The Kier molecular flexibility index (Phi) is 27.7. The molecule has 20 heteroatoms. The molecule has 0 N–H and O–H groups in total. The summed E-state index contributed by atoms with van der Waals surface area (Å²) in [5.74, 6) is 1.81. The van der Waals surface area contributed by atoms with Gasteiger partial charge in [0.1, 0.15) is 23.1 Å². The van der Waals surface area contributed by atoms with Crippen LogP contribution in [0.1, 0.15) is 55.6 Å². The van der Waals surface area contributed by atoms with Gasteiger partial charge in [0.25, 0.3) is 22.2 Å². The first-order valence-electron chi connectivity index (χ1n) is 39.3. The first-order chi connectivity index (χ1) is 58.9. The Bertz CT molecular complexity index is 6480. The molecule has 0 fully saturated rings. The van der Waals surface area contributed by atoms with Crippen molar-refractivity contribution in [2.75, 3.05) is 21.3 Å². The normalized spacial score (nSPS) is 10.8. The van der Waals surface area contributed by atoms with Crippen LogP contribution < -0.4 is 59.2 Å². The number of methoxy groups -OCH3 is 3. The lowest BCUT2D eigenvalue weighted by molar-refractivity contribution is 0.414. The van der Waals surface area contributed by atoms with E-state index in [9.17, 15) is 42.7 Å². The highest BCUT2D eigenvalue weighted by Gasteiger charge is 2.20. The quantitative estimate of drug-likeness (QED) is 0.0589. The molecule has 0 aliphatic carbocycles. The summed E-state index contributed by atoms with van der Waals surface area (Å²) in [6.07, 6.45) is 0. The Balaban J connectivity index is 0.000000139. The molecule has 0 saturated carbocycles. The van der Waals surface area contributed by atoms with E-state index in [1.807, 2.05) is 317 Å². The Morgan fingerprint density at radius 2 is 0.388 bits per heavy atom. The van der Waals surface area contributed by atoms with Gasteiger partial charge in [-0.1, -0.05) is 266 Å². The molecule has 0 radical (unpaired) electrons. The van der Waals surface area contributed by atoms with Crippen LogP contribution in [0.15, 0.2) is 390 Å². The van der Waals surface area contributed by atoms with Crippen LogP contribution in [0.2, 0.25) is 0 Å². The van der Waals surface area contributed by atoms with E-state index in [0.29, 0.717) is 60.3 Å². The highest BCUT2D eigenvalue weighted by atomic mass is 19.1. The van der Waals surface area contributed by atoms with Crippen LogP contribution in [0.3, 0.4) is 0 Å². The van der Waals surface area contributed by atoms with Crippen LogP contribution in [0.4, 0.5) is 4.39 Å². The predicted octanol–water partition coefficient (Wildman–Crippen LogP) is 15.9. The third kappa shape index (κ3) is 21.5. The van der Waals surface area contributed by atoms with Crippen LogP contribution in [-0.2, 0) is 52.4 Å². The summed E-state index contributed by atoms with van der Waals surface area (Å²) in [6.45, 7) is 6.28. The van der Waals surface area contributed by atoms with Crippen molar-refractivity contribution < 1.29 is 18.6 Å². The van der Waals surface area contributed by atoms with Crippen molar-refractivity contribution >= 4 is 0 Å². The Hall–Kier alpha value is -15.3. The monoisotopic (exact) mass is 1610 g/mol. The van der Waals surface area contributed by atoms with Crippen LogP contribution in [0.25, 0.3) is 45.0 Å². The zero-order chi connectivity index (χ0) is 84.7. The number of aryl methyl sites for hydroxylation is 2. The predicted molar refractivity (Wildman–Crippen MR) is 475 cm³/mol.